The largest absolute Gasteiger partial charge is 0.312 e. The second-order valence-corrected chi connectivity index (χ2v) is 5.54. The molecule has 1 fully saturated rings. The Bertz CT molecular complexity index is 519. The SMILES string of the molecule is CCNCc1sc(-c2ncccn2)nc1C1CC1. The molecule has 1 aliphatic carbocycles. The van der Waals surface area contributed by atoms with Crippen LogP contribution in [0.15, 0.2) is 18.5 Å². The van der Waals surface area contributed by atoms with Gasteiger partial charge in [0.25, 0.3) is 0 Å². The third-order valence-corrected chi connectivity index (χ3v) is 4.05. The second kappa shape index (κ2) is 5.12. The predicted octanol–water partition coefficient (Wildman–Crippen LogP) is 2.59. The first-order valence-electron chi connectivity index (χ1n) is 6.36. The van der Waals surface area contributed by atoms with Crippen molar-refractivity contribution in [1.82, 2.24) is 20.3 Å². The van der Waals surface area contributed by atoms with Gasteiger partial charge in [0, 0.05) is 29.7 Å². The van der Waals surface area contributed by atoms with Crippen LogP contribution in [0.1, 0.15) is 36.3 Å². The van der Waals surface area contributed by atoms with E-state index in [9.17, 15) is 0 Å². The molecule has 0 atom stereocenters. The summed E-state index contributed by atoms with van der Waals surface area (Å²) in [5.41, 5.74) is 1.27. The molecule has 2 aromatic rings. The Hall–Kier alpha value is -1.33. The first-order chi connectivity index (χ1) is 8.88. The fraction of sp³-hybridized carbons (Fsp3) is 0.462. The molecule has 0 amide bonds. The van der Waals surface area contributed by atoms with Gasteiger partial charge < -0.3 is 5.32 Å². The van der Waals surface area contributed by atoms with Gasteiger partial charge in [0.2, 0.25) is 0 Å². The van der Waals surface area contributed by atoms with Crippen LogP contribution in [0.5, 0.6) is 0 Å². The topological polar surface area (TPSA) is 50.7 Å². The van der Waals surface area contributed by atoms with Gasteiger partial charge in [0.05, 0.1) is 5.69 Å². The standard InChI is InChI=1S/C13H16N4S/c1-2-14-8-10-11(9-4-5-9)17-13(18-10)12-15-6-3-7-16-12/h3,6-7,9,14H,2,4-5,8H2,1H3. The zero-order valence-electron chi connectivity index (χ0n) is 10.4. The van der Waals surface area contributed by atoms with Crippen molar-refractivity contribution in [2.45, 2.75) is 32.2 Å². The smallest absolute Gasteiger partial charge is 0.188 e. The Kier molecular flexibility index (Phi) is 3.34. The molecule has 4 nitrogen and oxygen atoms in total. The third kappa shape index (κ3) is 2.42. The van der Waals surface area contributed by atoms with Crippen LogP contribution in [-0.4, -0.2) is 21.5 Å². The molecule has 5 heteroatoms. The minimum Gasteiger partial charge on any atom is -0.312 e. The molecule has 1 saturated carbocycles. The van der Waals surface area contributed by atoms with E-state index in [2.05, 4.69) is 22.2 Å². The minimum absolute atomic E-state index is 0.673. The highest BCUT2D eigenvalue weighted by Crippen LogP contribution is 2.43. The third-order valence-electron chi connectivity index (χ3n) is 2.98. The van der Waals surface area contributed by atoms with E-state index in [4.69, 9.17) is 4.98 Å². The molecule has 2 heterocycles. The summed E-state index contributed by atoms with van der Waals surface area (Å²) in [4.78, 5) is 14.7. The van der Waals surface area contributed by atoms with E-state index >= 15 is 0 Å². The molecule has 0 bridgehead atoms. The summed E-state index contributed by atoms with van der Waals surface area (Å²) in [6, 6.07) is 1.83. The van der Waals surface area contributed by atoms with Gasteiger partial charge in [0.1, 0.15) is 0 Å². The number of hydrogen-bond donors (Lipinski definition) is 1. The molecule has 1 aliphatic rings. The Morgan fingerprint density at radius 3 is 2.78 bits per heavy atom. The van der Waals surface area contributed by atoms with E-state index in [0.717, 1.165) is 23.9 Å². The van der Waals surface area contributed by atoms with Gasteiger partial charge in [-0.1, -0.05) is 6.92 Å². The van der Waals surface area contributed by atoms with Gasteiger partial charge in [-0.15, -0.1) is 11.3 Å². The normalized spacial score (nSPS) is 14.9. The fourth-order valence-corrected chi connectivity index (χ4v) is 2.97. The van der Waals surface area contributed by atoms with Gasteiger partial charge in [-0.3, -0.25) is 0 Å². The summed E-state index contributed by atoms with van der Waals surface area (Å²) >= 11 is 1.72. The lowest BCUT2D eigenvalue weighted by Crippen LogP contribution is -2.11. The minimum atomic E-state index is 0.673. The molecule has 18 heavy (non-hydrogen) atoms. The zero-order chi connectivity index (χ0) is 12.4. The van der Waals surface area contributed by atoms with Crippen molar-refractivity contribution in [3.63, 3.8) is 0 Å². The number of thiazole rings is 1. The van der Waals surface area contributed by atoms with Gasteiger partial charge in [-0.25, -0.2) is 15.0 Å². The summed E-state index contributed by atoms with van der Waals surface area (Å²) in [7, 11) is 0. The Morgan fingerprint density at radius 1 is 1.33 bits per heavy atom. The average Bonchev–Trinajstić information content (AvgIpc) is 3.18. The van der Waals surface area contributed by atoms with Gasteiger partial charge >= 0.3 is 0 Å². The summed E-state index contributed by atoms with van der Waals surface area (Å²) in [6.07, 6.45) is 6.09. The van der Waals surface area contributed by atoms with Crippen LogP contribution in [0.4, 0.5) is 0 Å². The maximum Gasteiger partial charge on any atom is 0.188 e. The van der Waals surface area contributed by atoms with Crippen LogP contribution in [-0.2, 0) is 6.54 Å². The van der Waals surface area contributed by atoms with E-state index in [1.807, 2.05) is 6.07 Å². The molecular weight excluding hydrogens is 244 g/mol. The second-order valence-electron chi connectivity index (χ2n) is 4.45. The lowest BCUT2D eigenvalue weighted by molar-refractivity contribution is 0.727. The Labute approximate surface area is 111 Å². The highest BCUT2D eigenvalue weighted by atomic mass is 32.1. The molecular formula is C13H16N4S. The monoisotopic (exact) mass is 260 g/mol. The van der Waals surface area contributed by atoms with Gasteiger partial charge in [-0.2, -0.15) is 0 Å². The summed E-state index contributed by atoms with van der Waals surface area (Å²) in [5.74, 6) is 1.42. The molecule has 0 unspecified atom stereocenters. The molecule has 0 aliphatic heterocycles. The van der Waals surface area contributed by atoms with Crippen LogP contribution < -0.4 is 5.32 Å². The van der Waals surface area contributed by atoms with Gasteiger partial charge in [-0.05, 0) is 25.5 Å². The molecule has 2 aromatic heterocycles. The summed E-state index contributed by atoms with van der Waals surface area (Å²) in [5, 5.41) is 4.33. The summed E-state index contributed by atoms with van der Waals surface area (Å²) in [6.45, 7) is 4.02. The van der Waals surface area contributed by atoms with Crippen LogP contribution in [0.25, 0.3) is 10.8 Å². The fourth-order valence-electron chi connectivity index (χ4n) is 1.91. The van der Waals surface area contributed by atoms with Crippen LogP contribution in [0, 0.1) is 0 Å². The van der Waals surface area contributed by atoms with E-state index in [1.54, 1.807) is 23.7 Å². The van der Waals surface area contributed by atoms with Crippen molar-refractivity contribution in [2.24, 2.45) is 0 Å². The molecule has 1 N–H and O–H groups in total. The van der Waals surface area contributed by atoms with Crippen LogP contribution >= 0.6 is 11.3 Å². The molecule has 0 aromatic carbocycles. The Balaban J connectivity index is 1.91. The van der Waals surface area contributed by atoms with Crippen molar-refractivity contribution < 1.29 is 0 Å². The van der Waals surface area contributed by atoms with Crippen molar-refractivity contribution >= 4 is 11.3 Å². The number of hydrogen-bond acceptors (Lipinski definition) is 5. The van der Waals surface area contributed by atoms with Crippen molar-refractivity contribution in [3.05, 3.63) is 29.0 Å². The van der Waals surface area contributed by atoms with E-state index in [1.165, 1.54) is 23.4 Å². The number of rotatable bonds is 5. The van der Waals surface area contributed by atoms with Crippen molar-refractivity contribution in [2.75, 3.05) is 6.54 Å². The van der Waals surface area contributed by atoms with Crippen LogP contribution in [0.3, 0.4) is 0 Å². The molecule has 0 saturated heterocycles. The van der Waals surface area contributed by atoms with Gasteiger partial charge in [0.15, 0.2) is 10.8 Å². The molecule has 3 rings (SSSR count). The molecule has 94 valence electrons. The first kappa shape index (κ1) is 11.7. The van der Waals surface area contributed by atoms with E-state index < -0.39 is 0 Å². The maximum absolute atomic E-state index is 4.75. The highest BCUT2D eigenvalue weighted by Gasteiger charge is 2.29. The first-order valence-corrected chi connectivity index (χ1v) is 7.18. The van der Waals surface area contributed by atoms with E-state index in [0.29, 0.717) is 5.92 Å². The quantitative estimate of drug-likeness (QED) is 0.897. The van der Waals surface area contributed by atoms with Crippen LogP contribution in [0.2, 0.25) is 0 Å². The molecule has 0 spiro atoms. The maximum atomic E-state index is 4.75. The average molecular weight is 260 g/mol. The summed E-state index contributed by atoms with van der Waals surface area (Å²) < 4.78 is 0. The highest BCUT2D eigenvalue weighted by molar-refractivity contribution is 7.15. The lowest BCUT2D eigenvalue weighted by atomic mass is 10.2. The molecule has 0 radical (unpaired) electrons. The van der Waals surface area contributed by atoms with E-state index in [-0.39, 0.29) is 0 Å². The predicted molar refractivity (Wildman–Crippen MR) is 72.5 cm³/mol. The Morgan fingerprint density at radius 2 is 2.11 bits per heavy atom. The zero-order valence-corrected chi connectivity index (χ0v) is 11.2. The van der Waals surface area contributed by atoms with Crippen molar-refractivity contribution in [3.8, 4) is 10.8 Å². The number of aromatic nitrogens is 3. The lowest BCUT2D eigenvalue weighted by Gasteiger charge is -2.00. The number of nitrogens with one attached hydrogen (secondary N) is 1. The van der Waals surface area contributed by atoms with Crippen molar-refractivity contribution in [1.29, 1.82) is 0 Å². The number of nitrogens with zero attached hydrogens (tertiary/aromatic N) is 3.